The molecule has 0 aliphatic rings. The summed E-state index contributed by atoms with van der Waals surface area (Å²) in [5.74, 6) is 1.78. The first-order valence-electron chi connectivity index (χ1n) is 13.7. The molecule has 0 amide bonds. The smallest absolute Gasteiger partial charge is 0.256 e. The molecule has 4 N–H and O–H groups in total. The Labute approximate surface area is 268 Å². The number of hydroxylamine groups is 2. The third-order valence-electron chi connectivity index (χ3n) is 4.56. The van der Waals surface area contributed by atoms with Gasteiger partial charge < -0.3 is 31.1 Å². The molecule has 0 bridgehead atoms. The Morgan fingerprint density at radius 3 is 1.23 bits per heavy atom. The third kappa shape index (κ3) is 23.7. The zero-order valence-corrected chi connectivity index (χ0v) is 29.5. The van der Waals surface area contributed by atoms with E-state index in [-0.39, 0.29) is 16.5 Å². The van der Waals surface area contributed by atoms with Gasteiger partial charge in [-0.25, -0.2) is 10.1 Å². The van der Waals surface area contributed by atoms with Crippen molar-refractivity contribution >= 4 is 47.0 Å². The lowest BCUT2D eigenvalue weighted by Gasteiger charge is -2.17. The van der Waals surface area contributed by atoms with Gasteiger partial charge in [0.05, 0.1) is 14.2 Å². The molecule has 2 rings (SSSR count). The molecular weight excluding hydrogens is 599 g/mol. The second-order valence-electron chi connectivity index (χ2n) is 9.58. The zero-order valence-electron chi connectivity index (χ0n) is 28.0. The van der Waals surface area contributed by atoms with Crippen LogP contribution in [-0.2, 0) is 9.68 Å². The normalized spacial score (nSPS) is 10.3. The first-order chi connectivity index (χ1) is 20.2. The molecule has 0 saturated carbocycles. The van der Waals surface area contributed by atoms with E-state index in [2.05, 4.69) is 69.1 Å². The number of hydrogen-bond donors (Lipinski definition) is 3. The average Bonchev–Trinajstić information content (AvgIpc) is 2.92. The van der Waals surface area contributed by atoms with Crippen molar-refractivity contribution in [3.63, 3.8) is 0 Å². The van der Waals surface area contributed by atoms with Gasteiger partial charge in [-0.15, -0.1) is 0 Å². The first kappa shape index (κ1) is 42.7. The second-order valence-corrected chi connectivity index (χ2v) is 10.3. The Bertz CT molecular complexity index is 908. The second kappa shape index (κ2) is 26.0. The van der Waals surface area contributed by atoms with E-state index >= 15 is 0 Å². The lowest BCUT2D eigenvalue weighted by atomic mass is 10.5. The predicted octanol–water partition coefficient (Wildman–Crippen LogP) is 1.92. The summed E-state index contributed by atoms with van der Waals surface area (Å²) >= 11 is 11.0. The largest absolute Gasteiger partial charge is 0.353 e. The van der Waals surface area contributed by atoms with Gasteiger partial charge in [-0.1, -0.05) is 20.3 Å². The molecular formula is C25H54Cl2N14O2. The summed E-state index contributed by atoms with van der Waals surface area (Å²) < 4.78 is 0. The monoisotopic (exact) mass is 652 g/mol. The summed E-state index contributed by atoms with van der Waals surface area (Å²) in [6, 6.07) is 0. The predicted molar refractivity (Wildman–Crippen MR) is 178 cm³/mol. The highest BCUT2D eigenvalue weighted by Gasteiger charge is 2.10. The van der Waals surface area contributed by atoms with Crippen molar-refractivity contribution in [2.45, 2.75) is 20.3 Å². The summed E-state index contributed by atoms with van der Waals surface area (Å²) in [4.78, 5) is 40.4. The van der Waals surface area contributed by atoms with E-state index in [0.29, 0.717) is 17.8 Å². The molecule has 0 aromatic carbocycles. The van der Waals surface area contributed by atoms with Crippen molar-refractivity contribution in [2.75, 3.05) is 131 Å². The average molecular weight is 654 g/mol. The van der Waals surface area contributed by atoms with E-state index in [4.69, 9.17) is 38.6 Å². The number of nitrogens with zero attached hydrogens (tertiary/aromatic N) is 11. The molecule has 0 saturated heterocycles. The van der Waals surface area contributed by atoms with Crippen molar-refractivity contribution in [3.8, 4) is 0 Å². The van der Waals surface area contributed by atoms with E-state index < -0.39 is 0 Å². The number of aromatic nitrogens is 6. The summed E-state index contributed by atoms with van der Waals surface area (Å²) in [6.45, 7) is 9.29. The van der Waals surface area contributed by atoms with Crippen LogP contribution in [0.15, 0.2) is 0 Å². The Morgan fingerprint density at radius 1 is 0.605 bits per heavy atom. The zero-order chi connectivity index (χ0) is 33.4. The fourth-order valence-electron chi connectivity index (χ4n) is 2.32. The van der Waals surface area contributed by atoms with Crippen LogP contribution in [0, 0.1) is 0 Å². The minimum Gasteiger partial charge on any atom is -0.353 e. The molecule has 2 heterocycles. The van der Waals surface area contributed by atoms with Crippen LogP contribution in [0.1, 0.15) is 20.3 Å². The minimum absolute atomic E-state index is 0.0360. The summed E-state index contributed by atoms with van der Waals surface area (Å²) in [5.41, 5.74) is 5.19. The van der Waals surface area contributed by atoms with Gasteiger partial charge in [-0.3, -0.25) is 9.68 Å². The number of halogens is 2. The first-order valence-corrected chi connectivity index (χ1v) is 14.5. The Kier molecular flexibility index (Phi) is 25.8. The van der Waals surface area contributed by atoms with E-state index in [1.54, 1.807) is 21.2 Å². The van der Waals surface area contributed by atoms with Crippen molar-refractivity contribution in [1.82, 2.24) is 44.6 Å². The fraction of sp³-hybridized carbons (Fsp3) is 0.760. The Hall–Kier alpha value is -2.44. The molecule has 0 unspecified atom stereocenters. The number of nitrogens with one attached hydrogen (secondary N) is 2. The number of nitrogens with two attached hydrogens (primary N) is 1. The molecule has 250 valence electrons. The van der Waals surface area contributed by atoms with Gasteiger partial charge in [0.15, 0.2) is 0 Å². The number of rotatable bonds is 14. The van der Waals surface area contributed by atoms with Gasteiger partial charge in [-0.05, 0) is 65.5 Å². The molecule has 0 aliphatic heterocycles. The van der Waals surface area contributed by atoms with Crippen LogP contribution < -0.4 is 26.5 Å². The van der Waals surface area contributed by atoms with Crippen molar-refractivity contribution in [3.05, 3.63) is 10.6 Å². The number of hydrogen-bond acceptors (Lipinski definition) is 16. The number of likely N-dealkylation sites (N-methyl/N-ethyl adjacent to an activating group) is 3. The molecule has 0 fully saturated rings. The lowest BCUT2D eigenvalue weighted by Crippen LogP contribution is -2.25. The van der Waals surface area contributed by atoms with Gasteiger partial charge in [-0.2, -0.15) is 29.9 Å². The summed E-state index contributed by atoms with van der Waals surface area (Å²) in [5, 5.41) is 9.28. The Balaban J connectivity index is 0. The molecule has 0 atom stereocenters. The summed E-state index contributed by atoms with van der Waals surface area (Å²) in [7, 11) is 18.5. The molecule has 43 heavy (non-hydrogen) atoms. The van der Waals surface area contributed by atoms with E-state index in [9.17, 15) is 0 Å². The molecule has 0 aliphatic carbocycles. The van der Waals surface area contributed by atoms with Gasteiger partial charge in [0.2, 0.25) is 22.5 Å². The van der Waals surface area contributed by atoms with Crippen LogP contribution >= 0.6 is 23.2 Å². The van der Waals surface area contributed by atoms with Crippen LogP contribution in [0.25, 0.3) is 0 Å². The molecule has 18 heteroatoms. The van der Waals surface area contributed by atoms with Crippen molar-refractivity contribution < 1.29 is 9.68 Å². The van der Waals surface area contributed by atoms with Crippen LogP contribution in [0.3, 0.4) is 0 Å². The van der Waals surface area contributed by atoms with E-state index in [0.717, 1.165) is 39.3 Å². The molecule has 2 aromatic rings. The van der Waals surface area contributed by atoms with Gasteiger partial charge >= 0.3 is 0 Å². The van der Waals surface area contributed by atoms with Gasteiger partial charge in [0.25, 0.3) is 11.9 Å². The molecule has 16 nitrogen and oxygen atoms in total. The third-order valence-corrected chi connectivity index (χ3v) is 4.90. The Morgan fingerprint density at radius 2 is 0.953 bits per heavy atom. The highest BCUT2D eigenvalue weighted by Crippen LogP contribution is 2.13. The number of anilines is 4. The maximum atomic E-state index is 5.52. The van der Waals surface area contributed by atoms with Gasteiger partial charge in [0, 0.05) is 53.4 Å². The van der Waals surface area contributed by atoms with E-state index in [1.165, 1.54) is 23.7 Å². The highest BCUT2D eigenvalue weighted by atomic mass is 35.5. The fourth-order valence-corrected chi connectivity index (χ4v) is 2.68. The molecule has 0 spiro atoms. The van der Waals surface area contributed by atoms with Crippen LogP contribution in [-0.4, -0.2) is 154 Å². The molecule has 2 aromatic heterocycles. The standard InChI is InChI=1S/C13H28N8O.C5H6Cl2N4O.C4H12N2.C3H8/c1-19(2)9-7-14-11-16-12(15-8-10-20(3)4)18-13(17-11)21(5)22-6;1-11(12-2)5-9-3(6)8-4(7)10-5;1-6(2)4-3-5;1-3-2/h7-10H2,1-6H3,(H2,14,15,16,17,18);1-2H3;3-5H2,1-2H3;3H2,1-2H3. The van der Waals surface area contributed by atoms with Crippen LogP contribution in [0.2, 0.25) is 10.6 Å². The highest BCUT2D eigenvalue weighted by molar-refractivity contribution is 6.31. The van der Waals surface area contributed by atoms with Gasteiger partial charge in [0.1, 0.15) is 0 Å². The maximum Gasteiger partial charge on any atom is 0.256 e. The van der Waals surface area contributed by atoms with Crippen molar-refractivity contribution in [1.29, 1.82) is 0 Å². The summed E-state index contributed by atoms with van der Waals surface area (Å²) in [6.07, 6.45) is 1.25. The minimum atomic E-state index is 0.0360. The van der Waals surface area contributed by atoms with Crippen LogP contribution in [0.5, 0.6) is 0 Å². The SMILES string of the molecule is CCC.CN(C)CCN.CON(C)c1nc(Cl)nc(Cl)n1.CON(C)c1nc(NCCN(C)C)nc(NCCN(C)C)n1. The maximum absolute atomic E-state index is 5.52. The lowest BCUT2D eigenvalue weighted by molar-refractivity contribution is 0.180. The van der Waals surface area contributed by atoms with E-state index in [1.807, 2.05) is 42.3 Å². The quantitative estimate of drug-likeness (QED) is 0.253. The topological polar surface area (TPSA) is 162 Å². The van der Waals surface area contributed by atoms with Crippen LogP contribution in [0.4, 0.5) is 23.8 Å². The molecule has 0 radical (unpaired) electrons. The van der Waals surface area contributed by atoms with Crippen molar-refractivity contribution in [2.24, 2.45) is 5.73 Å².